The van der Waals surface area contributed by atoms with Crippen LogP contribution in [0.4, 0.5) is 25.8 Å². The molecule has 4 N–H and O–H groups in total. The molecule has 0 aliphatic heterocycles. The Morgan fingerprint density at radius 3 is 1.90 bits per heavy atom. The molecule has 2 aromatic rings. The van der Waals surface area contributed by atoms with Gasteiger partial charge in [0.15, 0.2) is 0 Å². The number of benzene rings is 2. The van der Waals surface area contributed by atoms with E-state index in [-0.39, 0.29) is 17.3 Å². The Kier molecular flexibility index (Phi) is 5.68. The zero-order chi connectivity index (χ0) is 16.2. The van der Waals surface area contributed by atoms with Crippen LogP contribution in [0.15, 0.2) is 28.7 Å². The van der Waals surface area contributed by atoms with Gasteiger partial charge in [0.05, 0.1) is 6.57 Å². The van der Waals surface area contributed by atoms with E-state index in [4.69, 9.17) is 18.0 Å². The average molecular weight is 354 g/mol. The highest BCUT2D eigenvalue weighted by atomic mass is 79.9. The quantitative estimate of drug-likeness (QED) is 0.530. The number of hydrogen-bond donors (Lipinski definition) is 2. The van der Waals surface area contributed by atoms with Crippen molar-refractivity contribution in [2.45, 2.75) is 13.8 Å². The molecule has 3 nitrogen and oxygen atoms in total. The topological polar surface area (TPSA) is 56.4 Å². The van der Waals surface area contributed by atoms with Gasteiger partial charge in [0.25, 0.3) is 0 Å². The second-order valence-corrected chi connectivity index (χ2v) is 5.25. The fourth-order valence-corrected chi connectivity index (χ4v) is 1.90. The van der Waals surface area contributed by atoms with Crippen molar-refractivity contribution >= 4 is 33.0 Å². The zero-order valence-corrected chi connectivity index (χ0v) is 13.1. The Hall–Kier alpha value is -2.13. The number of nitrogen functional groups attached to an aromatic ring is 2. The van der Waals surface area contributed by atoms with Gasteiger partial charge in [-0.1, -0.05) is 0 Å². The minimum Gasteiger partial charge on any atom is -0.407 e. The number of rotatable bonds is 0. The molecule has 110 valence electrons. The molecule has 0 aliphatic carbocycles. The molecule has 0 fully saturated rings. The predicted molar refractivity (Wildman–Crippen MR) is 85.1 cm³/mol. The molecule has 0 unspecified atom stereocenters. The Labute approximate surface area is 130 Å². The Morgan fingerprint density at radius 1 is 0.952 bits per heavy atom. The number of anilines is 2. The van der Waals surface area contributed by atoms with Crippen LogP contribution in [0.3, 0.4) is 0 Å². The third-order valence-corrected chi connectivity index (χ3v) is 3.39. The number of nitrogens with zero attached hydrogens (tertiary/aromatic N) is 1. The highest BCUT2D eigenvalue weighted by Crippen LogP contribution is 2.25. The summed E-state index contributed by atoms with van der Waals surface area (Å²) >= 11 is 3.19. The van der Waals surface area contributed by atoms with E-state index in [0.29, 0.717) is 22.5 Å². The Balaban J connectivity index is 0.000000211. The fraction of sp³-hybridized carbons (Fsp3) is 0.133. The monoisotopic (exact) mass is 353 g/mol. The van der Waals surface area contributed by atoms with E-state index in [2.05, 4.69) is 20.8 Å². The first-order valence-electron chi connectivity index (χ1n) is 5.90. The Bertz CT molecular complexity index is 659. The normalized spacial score (nSPS) is 9.52. The maximum absolute atomic E-state index is 12.7. The summed E-state index contributed by atoms with van der Waals surface area (Å²) in [5.74, 6) is -0.629. The first-order chi connectivity index (χ1) is 9.76. The van der Waals surface area contributed by atoms with Crippen molar-refractivity contribution < 1.29 is 8.78 Å². The maximum Gasteiger partial charge on any atom is 0.209 e. The highest BCUT2D eigenvalue weighted by Gasteiger charge is 2.03. The van der Waals surface area contributed by atoms with Gasteiger partial charge < -0.3 is 11.5 Å². The Morgan fingerprint density at radius 2 is 1.43 bits per heavy atom. The first kappa shape index (κ1) is 16.9. The van der Waals surface area contributed by atoms with E-state index < -0.39 is 0 Å². The number of halogens is 3. The molecule has 0 atom stereocenters. The minimum atomic E-state index is -0.366. The van der Waals surface area contributed by atoms with Crippen molar-refractivity contribution in [3.05, 3.63) is 62.9 Å². The summed E-state index contributed by atoms with van der Waals surface area (Å²) < 4.78 is 26.1. The third kappa shape index (κ3) is 4.43. The summed E-state index contributed by atoms with van der Waals surface area (Å²) in [7, 11) is 0. The van der Waals surface area contributed by atoms with Crippen molar-refractivity contribution in [2.75, 3.05) is 11.5 Å². The smallest absolute Gasteiger partial charge is 0.209 e. The lowest BCUT2D eigenvalue weighted by atomic mass is 10.2. The summed E-state index contributed by atoms with van der Waals surface area (Å²) in [5, 5.41) is 0. The maximum atomic E-state index is 12.7. The lowest BCUT2D eigenvalue weighted by Crippen LogP contribution is -1.90. The van der Waals surface area contributed by atoms with Crippen LogP contribution in [-0.2, 0) is 0 Å². The molecule has 6 heteroatoms. The highest BCUT2D eigenvalue weighted by molar-refractivity contribution is 9.10. The zero-order valence-electron chi connectivity index (χ0n) is 11.5. The van der Waals surface area contributed by atoms with E-state index in [1.165, 1.54) is 18.2 Å². The summed E-state index contributed by atoms with van der Waals surface area (Å²) in [4.78, 5) is 3.13. The minimum absolute atomic E-state index is 0.197. The molecule has 2 aromatic carbocycles. The summed E-state index contributed by atoms with van der Waals surface area (Å²) in [6.45, 7) is 9.97. The van der Waals surface area contributed by atoms with Crippen molar-refractivity contribution in [3.8, 4) is 0 Å². The van der Waals surface area contributed by atoms with Gasteiger partial charge in [-0.2, -0.15) is 0 Å². The van der Waals surface area contributed by atoms with E-state index in [1.807, 2.05) is 0 Å². The van der Waals surface area contributed by atoms with Gasteiger partial charge in [0.2, 0.25) is 5.69 Å². The van der Waals surface area contributed by atoms with Gasteiger partial charge in [-0.25, -0.2) is 13.6 Å². The van der Waals surface area contributed by atoms with Crippen LogP contribution in [0.25, 0.3) is 4.85 Å². The van der Waals surface area contributed by atoms with E-state index >= 15 is 0 Å². The van der Waals surface area contributed by atoms with Crippen molar-refractivity contribution in [1.29, 1.82) is 0 Å². The van der Waals surface area contributed by atoms with E-state index in [0.717, 1.165) is 4.47 Å². The third-order valence-electron chi connectivity index (χ3n) is 2.71. The van der Waals surface area contributed by atoms with E-state index in [1.54, 1.807) is 19.9 Å². The van der Waals surface area contributed by atoms with Crippen molar-refractivity contribution in [2.24, 2.45) is 0 Å². The molecule has 0 radical (unpaired) electrons. The summed E-state index contributed by atoms with van der Waals surface area (Å²) in [5.41, 5.74) is 12.7. The van der Waals surface area contributed by atoms with Crippen LogP contribution in [0.5, 0.6) is 0 Å². The lowest BCUT2D eigenvalue weighted by Gasteiger charge is -1.99. The molecule has 2 rings (SSSR count). The SMILES string of the molecule is Cc1cc(Br)c(N)cc1F.[C-]#[N+]c1cc(C)c(F)cc1N. The molecular formula is C15H14BrF2N3. The summed E-state index contributed by atoms with van der Waals surface area (Å²) in [6, 6.07) is 5.57. The largest absolute Gasteiger partial charge is 0.407 e. The molecule has 0 amide bonds. The molecule has 0 bridgehead atoms. The average Bonchev–Trinajstić information content (AvgIpc) is 2.41. The molecule has 0 heterocycles. The van der Waals surface area contributed by atoms with Gasteiger partial charge >= 0.3 is 0 Å². The molecule has 0 aromatic heterocycles. The standard InChI is InChI=1S/C8H7FN2.C7H7BrFN/c1-5-3-8(11-2)7(10)4-6(5)9;1-4-2-5(8)7(10)3-6(4)9/h3-4H,10H2,1H3;2-3H,10H2,1H3. The second-order valence-electron chi connectivity index (χ2n) is 4.39. The molecular weight excluding hydrogens is 340 g/mol. The van der Waals surface area contributed by atoms with Gasteiger partial charge in [0, 0.05) is 15.8 Å². The first-order valence-corrected chi connectivity index (χ1v) is 6.69. The number of hydrogen-bond acceptors (Lipinski definition) is 2. The molecule has 0 saturated carbocycles. The molecule has 0 aliphatic rings. The van der Waals surface area contributed by atoms with E-state index in [9.17, 15) is 8.78 Å². The number of aryl methyl sites for hydroxylation is 2. The predicted octanol–water partition coefficient (Wildman–Crippen LogP) is 4.75. The van der Waals surface area contributed by atoms with Crippen molar-refractivity contribution in [1.82, 2.24) is 0 Å². The molecule has 21 heavy (non-hydrogen) atoms. The van der Waals surface area contributed by atoms with Crippen LogP contribution in [0.1, 0.15) is 11.1 Å². The van der Waals surface area contributed by atoms with Crippen LogP contribution in [0, 0.1) is 32.1 Å². The number of nitrogens with two attached hydrogens (primary N) is 2. The second kappa shape index (κ2) is 7.04. The fourth-order valence-electron chi connectivity index (χ4n) is 1.44. The van der Waals surface area contributed by atoms with Crippen LogP contribution in [0.2, 0.25) is 0 Å². The van der Waals surface area contributed by atoms with Crippen LogP contribution < -0.4 is 11.5 Å². The van der Waals surface area contributed by atoms with Gasteiger partial charge in [-0.3, -0.25) is 0 Å². The summed E-state index contributed by atoms with van der Waals surface area (Å²) in [6.07, 6.45) is 0. The lowest BCUT2D eigenvalue weighted by molar-refractivity contribution is 0.619. The van der Waals surface area contributed by atoms with Gasteiger partial charge in [0.1, 0.15) is 11.6 Å². The molecule has 0 saturated heterocycles. The van der Waals surface area contributed by atoms with Gasteiger partial charge in [-0.05, 0) is 65.2 Å². The van der Waals surface area contributed by atoms with Crippen LogP contribution in [-0.4, -0.2) is 0 Å². The van der Waals surface area contributed by atoms with Crippen molar-refractivity contribution in [3.63, 3.8) is 0 Å². The van der Waals surface area contributed by atoms with Gasteiger partial charge in [-0.15, -0.1) is 0 Å². The van der Waals surface area contributed by atoms with Crippen LogP contribution >= 0.6 is 15.9 Å². The molecule has 0 spiro atoms.